The summed E-state index contributed by atoms with van der Waals surface area (Å²) in [7, 11) is 0. The van der Waals surface area contributed by atoms with Gasteiger partial charge in [0.05, 0.1) is 6.04 Å². The van der Waals surface area contributed by atoms with Gasteiger partial charge < -0.3 is 37.8 Å². The standard InChI is InChI=1S/C21H39N7O5S2/c1-34-11-7-13(22)19(31)28-10-4-6-16(28)18(30)26-14(8-12-35-2)17(29)27-15(20(32)33)5-3-9-25-21(23)24/h13-16H,3-12,22H2,1-2H3,(H,26,30)(H,27,29)(H,32,33)(H4,23,24,25). The van der Waals surface area contributed by atoms with Gasteiger partial charge in [0.25, 0.3) is 0 Å². The van der Waals surface area contributed by atoms with Crippen LogP contribution in [0, 0.1) is 0 Å². The Balaban J connectivity index is 2.83. The van der Waals surface area contributed by atoms with Gasteiger partial charge in [-0.1, -0.05) is 0 Å². The van der Waals surface area contributed by atoms with Crippen molar-refractivity contribution in [2.75, 3.05) is 37.1 Å². The van der Waals surface area contributed by atoms with Crippen LogP contribution in [0.5, 0.6) is 0 Å². The Bertz CT molecular complexity index is 752. The lowest BCUT2D eigenvalue weighted by Crippen LogP contribution is -2.56. The number of carboxylic acid groups (broad SMARTS) is 1. The average Bonchev–Trinajstić information content (AvgIpc) is 3.31. The number of amides is 3. The van der Waals surface area contributed by atoms with E-state index in [4.69, 9.17) is 17.2 Å². The number of nitrogens with two attached hydrogens (primary N) is 3. The van der Waals surface area contributed by atoms with Crippen molar-refractivity contribution in [3.63, 3.8) is 0 Å². The van der Waals surface area contributed by atoms with E-state index in [1.165, 1.54) is 16.7 Å². The Labute approximate surface area is 214 Å². The van der Waals surface area contributed by atoms with Crippen molar-refractivity contribution in [2.45, 2.75) is 62.7 Å². The van der Waals surface area contributed by atoms with E-state index >= 15 is 0 Å². The molecule has 0 aliphatic carbocycles. The SMILES string of the molecule is CSCCC(N)C(=O)N1CCCC1C(=O)NC(CCSC)C(=O)NC(CCCN=C(N)N)C(=O)O. The zero-order valence-electron chi connectivity index (χ0n) is 20.4. The van der Waals surface area contributed by atoms with Crippen LogP contribution in [0.3, 0.4) is 0 Å². The summed E-state index contributed by atoms with van der Waals surface area (Å²) >= 11 is 3.09. The first-order chi connectivity index (χ1) is 16.6. The molecule has 1 aliphatic rings. The molecule has 4 atom stereocenters. The van der Waals surface area contributed by atoms with Crippen molar-refractivity contribution in [1.82, 2.24) is 15.5 Å². The summed E-state index contributed by atoms with van der Waals surface area (Å²) in [5, 5.41) is 14.7. The van der Waals surface area contributed by atoms with Crippen molar-refractivity contribution in [3.8, 4) is 0 Å². The van der Waals surface area contributed by atoms with Gasteiger partial charge in [0.1, 0.15) is 18.1 Å². The van der Waals surface area contributed by atoms with Crippen LogP contribution in [0.15, 0.2) is 4.99 Å². The van der Waals surface area contributed by atoms with Crippen LogP contribution >= 0.6 is 23.5 Å². The van der Waals surface area contributed by atoms with Crippen molar-refractivity contribution >= 4 is 53.2 Å². The molecule has 0 aromatic heterocycles. The Morgan fingerprint density at radius 1 is 1.06 bits per heavy atom. The molecule has 4 unspecified atom stereocenters. The summed E-state index contributed by atoms with van der Waals surface area (Å²) in [4.78, 5) is 55.7. The number of likely N-dealkylation sites (tertiary alicyclic amines) is 1. The summed E-state index contributed by atoms with van der Waals surface area (Å²) < 4.78 is 0. The smallest absolute Gasteiger partial charge is 0.326 e. The topological polar surface area (TPSA) is 206 Å². The quantitative estimate of drug-likeness (QED) is 0.0803. The summed E-state index contributed by atoms with van der Waals surface area (Å²) in [6.07, 6.45) is 6.25. The molecule has 12 nitrogen and oxygen atoms in total. The molecule has 1 fully saturated rings. The number of hydrogen-bond donors (Lipinski definition) is 6. The van der Waals surface area contributed by atoms with E-state index in [-0.39, 0.29) is 24.8 Å². The van der Waals surface area contributed by atoms with Gasteiger partial charge in [-0.25, -0.2) is 4.79 Å². The Kier molecular flexibility index (Phi) is 14.5. The molecule has 0 spiro atoms. The number of nitrogens with zero attached hydrogens (tertiary/aromatic N) is 2. The van der Waals surface area contributed by atoms with E-state index in [1.54, 1.807) is 11.8 Å². The lowest BCUT2D eigenvalue weighted by Gasteiger charge is -2.28. The third-order valence-corrected chi connectivity index (χ3v) is 6.88. The maximum atomic E-state index is 13.1. The van der Waals surface area contributed by atoms with Crippen molar-refractivity contribution in [2.24, 2.45) is 22.2 Å². The molecule has 35 heavy (non-hydrogen) atoms. The highest BCUT2D eigenvalue weighted by Gasteiger charge is 2.37. The molecule has 1 aliphatic heterocycles. The van der Waals surface area contributed by atoms with Gasteiger partial charge in [0, 0.05) is 13.1 Å². The first-order valence-electron chi connectivity index (χ1n) is 11.5. The molecule has 3 amide bonds. The number of aliphatic carboxylic acids is 1. The molecule has 0 bridgehead atoms. The minimum absolute atomic E-state index is 0.0922. The molecule has 0 aromatic rings. The van der Waals surface area contributed by atoms with Gasteiger partial charge in [0.15, 0.2) is 5.96 Å². The van der Waals surface area contributed by atoms with E-state index < -0.39 is 42.0 Å². The number of carboxylic acids is 1. The minimum atomic E-state index is -1.19. The molecular formula is C21H39N7O5S2. The fourth-order valence-corrected chi connectivity index (χ4v) is 4.65. The third kappa shape index (κ3) is 10.9. The van der Waals surface area contributed by atoms with Crippen LogP contribution in [-0.4, -0.2) is 101 Å². The first-order valence-corrected chi connectivity index (χ1v) is 14.3. The number of aliphatic imine (C=N–C) groups is 1. The number of nitrogens with one attached hydrogen (secondary N) is 2. The maximum absolute atomic E-state index is 13.1. The predicted molar refractivity (Wildman–Crippen MR) is 140 cm³/mol. The summed E-state index contributed by atoms with van der Waals surface area (Å²) in [6, 6.07) is -3.47. The van der Waals surface area contributed by atoms with E-state index in [0.717, 1.165) is 5.75 Å². The number of thioether (sulfide) groups is 2. The average molecular weight is 534 g/mol. The van der Waals surface area contributed by atoms with Gasteiger partial charge in [-0.3, -0.25) is 19.4 Å². The van der Waals surface area contributed by atoms with Crippen LogP contribution in [0.2, 0.25) is 0 Å². The maximum Gasteiger partial charge on any atom is 0.326 e. The zero-order chi connectivity index (χ0) is 26.4. The lowest BCUT2D eigenvalue weighted by molar-refractivity contribution is -0.143. The largest absolute Gasteiger partial charge is 0.480 e. The number of carbonyl (C=O) groups excluding carboxylic acids is 3. The zero-order valence-corrected chi connectivity index (χ0v) is 22.0. The summed E-state index contributed by atoms with van der Waals surface area (Å²) in [6.45, 7) is 0.668. The molecule has 0 radical (unpaired) electrons. The highest BCUT2D eigenvalue weighted by molar-refractivity contribution is 7.98. The van der Waals surface area contributed by atoms with Gasteiger partial charge in [-0.15, -0.1) is 0 Å². The molecule has 1 saturated heterocycles. The number of rotatable bonds is 16. The van der Waals surface area contributed by atoms with Crippen LogP contribution in [0.25, 0.3) is 0 Å². The van der Waals surface area contributed by atoms with Crippen molar-refractivity contribution < 1.29 is 24.3 Å². The predicted octanol–water partition coefficient (Wildman–Crippen LogP) is -1.08. The van der Waals surface area contributed by atoms with Crippen LogP contribution in [0.1, 0.15) is 38.5 Å². The Morgan fingerprint density at radius 2 is 1.71 bits per heavy atom. The first kappa shape index (κ1) is 30.8. The molecule has 0 aromatic carbocycles. The normalized spacial score (nSPS) is 17.8. The van der Waals surface area contributed by atoms with Crippen molar-refractivity contribution in [3.05, 3.63) is 0 Å². The second kappa shape index (κ2) is 16.5. The van der Waals surface area contributed by atoms with Crippen LogP contribution < -0.4 is 27.8 Å². The second-order valence-electron chi connectivity index (χ2n) is 8.27. The van der Waals surface area contributed by atoms with Gasteiger partial charge >= 0.3 is 5.97 Å². The fourth-order valence-electron chi connectivity index (χ4n) is 3.69. The highest BCUT2D eigenvalue weighted by atomic mass is 32.2. The molecule has 1 heterocycles. The van der Waals surface area contributed by atoms with Gasteiger partial charge in [-0.2, -0.15) is 23.5 Å². The summed E-state index contributed by atoms with van der Waals surface area (Å²) in [5.41, 5.74) is 16.6. The van der Waals surface area contributed by atoms with Crippen molar-refractivity contribution in [1.29, 1.82) is 0 Å². The second-order valence-corrected chi connectivity index (χ2v) is 10.2. The molecule has 1 rings (SSSR count). The number of carbonyl (C=O) groups is 4. The third-order valence-electron chi connectivity index (χ3n) is 5.59. The van der Waals surface area contributed by atoms with Crippen LogP contribution in [0.4, 0.5) is 0 Å². The van der Waals surface area contributed by atoms with Gasteiger partial charge in [0.2, 0.25) is 17.7 Å². The van der Waals surface area contributed by atoms with E-state index in [9.17, 15) is 24.3 Å². The number of hydrogen-bond acceptors (Lipinski definition) is 8. The summed E-state index contributed by atoms with van der Waals surface area (Å²) in [5.74, 6) is -1.26. The van der Waals surface area contributed by atoms with E-state index in [0.29, 0.717) is 44.4 Å². The number of guanidine groups is 1. The Hall–Kier alpha value is -2.19. The molecule has 14 heteroatoms. The molecule has 0 saturated carbocycles. The molecular weight excluding hydrogens is 494 g/mol. The Morgan fingerprint density at radius 3 is 2.31 bits per heavy atom. The monoisotopic (exact) mass is 533 g/mol. The minimum Gasteiger partial charge on any atom is -0.480 e. The molecule has 200 valence electrons. The fraction of sp³-hybridized carbons (Fsp3) is 0.762. The molecule has 9 N–H and O–H groups in total. The lowest BCUT2D eigenvalue weighted by atomic mass is 10.1. The van der Waals surface area contributed by atoms with E-state index in [1.807, 2.05) is 12.5 Å². The van der Waals surface area contributed by atoms with E-state index in [2.05, 4.69) is 15.6 Å². The van der Waals surface area contributed by atoms with Crippen LogP contribution in [-0.2, 0) is 19.2 Å². The highest BCUT2D eigenvalue weighted by Crippen LogP contribution is 2.20. The van der Waals surface area contributed by atoms with Gasteiger partial charge in [-0.05, 0) is 62.5 Å².